The fourth-order valence-corrected chi connectivity index (χ4v) is 2.49. The van der Waals surface area contributed by atoms with Crippen LogP contribution in [0.15, 0.2) is 53.5 Å². The lowest BCUT2D eigenvalue weighted by atomic mass is 10.2. The van der Waals surface area contributed by atoms with Crippen LogP contribution in [0.3, 0.4) is 0 Å². The van der Waals surface area contributed by atoms with E-state index in [2.05, 4.69) is 20.9 Å². The molecule has 0 aliphatic heterocycles. The van der Waals surface area contributed by atoms with Gasteiger partial charge in [0, 0.05) is 38.3 Å². The van der Waals surface area contributed by atoms with Crippen LogP contribution in [0.1, 0.15) is 25.0 Å². The molecule has 0 atom stereocenters. The Balaban J connectivity index is 1.91. The molecule has 0 heterocycles. The summed E-state index contributed by atoms with van der Waals surface area (Å²) in [5.41, 5.74) is 2.91. The standard InChI is InChI=1S/C20H26N4O2/c1-4-26-19-11-6-5-9-17(19)14-23-20(21-3)22-13-16-8-7-10-18(12-16)24-15(2)25/h5-12H,4,13-14H2,1-3H3,(H,24,25)(H2,21,22,23). The van der Waals surface area contributed by atoms with E-state index in [1.807, 2.05) is 55.5 Å². The fourth-order valence-electron chi connectivity index (χ4n) is 2.49. The van der Waals surface area contributed by atoms with Gasteiger partial charge in [-0.15, -0.1) is 0 Å². The second-order valence-electron chi connectivity index (χ2n) is 5.70. The molecule has 0 aliphatic rings. The molecule has 6 heteroatoms. The van der Waals surface area contributed by atoms with Crippen molar-refractivity contribution in [1.29, 1.82) is 0 Å². The van der Waals surface area contributed by atoms with Crippen molar-refractivity contribution in [2.24, 2.45) is 4.99 Å². The molecule has 6 nitrogen and oxygen atoms in total. The van der Waals surface area contributed by atoms with Gasteiger partial charge in [0.25, 0.3) is 0 Å². The number of guanidine groups is 1. The second-order valence-corrected chi connectivity index (χ2v) is 5.70. The number of nitrogens with zero attached hydrogens (tertiary/aromatic N) is 1. The van der Waals surface area contributed by atoms with Crippen LogP contribution >= 0.6 is 0 Å². The maximum absolute atomic E-state index is 11.2. The van der Waals surface area contributed by atoms with Crippen LogP contribution in [0.2, 0.25) is 0 Å². The summed E-state index contributed by atoms with van der Waals surface area (Å²) in [6.07, 6.45) is 0. The zero-order chi connectivity index (χ0) is 18.8. The number of carbonyl (C=O) groups excluding carboxylic acids is 1. The monoisotopic (exact) mass is 354 g/mol. The minimum atomic E-state index is -0.0828. The minimum Gasteiger partial charge on any atom is -0.494 e. The number of carbonyl (C=O) groups is 1. The molecule has 2 aromatic carbocycles. The number of ether oxygens (including phenoxy) is 1. The van der Waals surface area contributed by atoms with Gasteiger partial charge in [0.1, 0.15) is 5.75 Å². The molecule has 0 bridgehead atoms. The van der Waals surface area contributed by atoms with Gasteiger partial charge in [0.15, 0.2) is 5.96 Å². The molecule has 26 heavy (non-hydrogen) atoms. The topological polar surface area (TPSA) is 74.8 Å². The van der Waals surface area contributed by atoms with E-state index < -0.39 is 0 Å². The molecule has 0 saturated carbocycles. The first-order chi connectivity index (χ1) is 12.6. The van der Waals surface area contributed by atoms with Crippen molar-refractivity contribution < 1.29 is 9.53 Å². The molecule has 138 valence electrons. The predicted molar refractivity (Wildman–Crippen MR) is 105 cm³/mol. The summed E-state index contributed by atoms with van der Waals surface area (Å²) in [7, 11) is 1.73. The first-order valence-corrected chi connectivity index (χ1v) is 8.64. The maximum Gasteiger partial charge on any atom is 0.221 e. The highest BCUT2D eigenvalue weighted by Gasteiger charge is 2.04. The molecule has 0 aromatic heterocycles. The van der Waals surface area contributed by atoms with Gasteiger partial charge in [-0.25, -0.2) is 0 Å². The molecule has 0 saturated heterocycles. The van der Waals surface area contributed by atoms with E-state index in [4.69, 9.17) is 4.74 Å². The Bertz CT molecular complexity index is 759. The lowest BCUT2D eigenvalue weighted by molar-refractivity contribution is -0.114. The smallest absolute Gasteiger partial charge is 0.221 e. The van der Waals surface area contributed by atoms with Crippen LogP contribution in [0, 0.1) is 0 Å². The summed E-state index contributed by atoms with van der Waals surface area (Å²) in [6.45, 7) is 5.31. The number of para-hydroxylation sites is 1. The lowest BCUT2D eigenvalue weighted by Crippen LogP contribution is -2.36. The summed E-state index contributed by atoms with van der Waals surface area (Å²) in [5, 5.41) is 9.35. The number of hydrogen-bond donors (Lipinski definition) is 3. The number of aliphatic imine (C=N–C) groups is 1. The van der Waals surface area contributed by atoms with E-state index in [1.165, 1.54) is 6.92 Å². The normalized spacial score (nSPS) is 11.0. The van der Waals surface area contributed by atoms with Gasteiger partial charge in [-0.05, 0) is 30.7 Å². The quantitative estimate of drug-likeness (QED) is 0.528. The second kappa shape index (κ2) is 10.1. The average molecular weight is 354 g/mol. The van der Waals surface area contributed by atoms with Crippen molar-refractivity contribution in [3.8, 4) is 5.75 Å². The van der Waals surface area contributed by atoms with E-state index in [-0.39, 0.29) is 5.91 Å². The van der Waals surface area contributed by atoms with E-state index in [0.29, 0.717) is 25.7 Å². The number of amides is 1. The Morgan fingerprint density at radius 3 is 2.58 bits per heavy atom. The molecular formula is C20H26N4O2. The number of benzene rings is 2. The SMILES string of the molecule is CCOc1ccccc1CNC(=NC)NCc1cccc(NC(C)=O)c1. The third-order valence-corrected chi connectivity index (χ3v) is 3.65. The highest BCUT2D eigenvalue weighted by molar-refractivity contribution is 5.88. The molecule has 0 aliphatic carbocycles. The van der Waals surface area contributed by atoms with Gasteiger partial charge in [0.05, 0.1) is 6.61 Å². The summed E-state index contributed by atoms with van der Waals surface area (Å²) in [5.74, 6) is 1.49. The van der Waals surface area contributed by atoms with Crippen LogP contribution < -0.4 is 20.7 Å². The van der Waals surface area contributed by atoms with Crippen molar-refractivity contribution in [3.05, 3.63) is 59.7 Å². The molecule has 1 amide bonds. The molecule has 2 rings (SSSR count). The van der Waals surface area contributed by atoms with Crippen molar-refractivity contribution in [2.75, 3.05) is 19.0 Å². The number of rotatable bonds is 7. The summed E-state index contributed by atoms with van der Waals surface area (Å²) < 4.78 is 5.64. The van der Waals surface area contributed by atoms with Crippen molar-refractivity contribution in [3.63, 3.8) is 0 Å². The molecule has 2 aromatic rings. The van der Waals surface area contributed by atoms with Gasteiger partial charge >= 0.3 is 0 Å². The Morgan fingerprint density at radius 1 is 1.08 bits per heavy atom. The molecule has 0 radical (unpaired) electrons. The van der Waals surface area contributed by atoms with E-state index in [9.17, 15) is 4.79 Å². The van der Waals surface area contributed by atoms with Crippen molar-refractivity contribution in [2.45, 2.75) is 26.9 Å². The molecule has 3 N–H and O–H groups in total. The van der Waals surface area contributed by atoms with Gasteiger partial charge in [-0.3, -0.25) is 9.79 Å². The number of nitrogens with one attached hydrogen (secondary N) is 3. The van der Waals surface area contributed by atoms with Crippen LogP contribution in [-0.2, 0) is 17.9 Å². The highest BCUT2D eigenvalue weighted by Crippen LogP contribution is 2.17. The first kappa shape index (κ1) is 19.3. The van der Waals surface area contributed by atoms with Gasteiger partial charge in [0.2, 0.25) is 5.91 Å². The summed E-state index contributed by atoms with van der Waals surface area (Å²) >= 11 is 0. The molecule has 0 spiro atoms. The van der Waals surface area contributed by atoms with Crippen LogP contribution in [0.25, 0.3) is 0 Å². The van der Waals surface area contributed by atoms with Crippen molar-refractivity contribution in [1.82, 2.24) is 10.6 Å². The van der Waals surface area contributed by atoms with Gasteiger partial charge in [-0.2, -0.15) is 0 Å². The van der Waals surface area contributed by atoms with Gasteiger partial charge < -0.3 is 20.7 Å². The summed E-state index contributed by atoms with van der Waals surface area (Å²) in [6, 6.07) is 15.7. The van der Waals surface area contributed by atoms with Gasteiger partial charge in [-0.1, -0.05) is 30.3 Å². The Morgan fingerprint density at radius 2 is 1.85 bits per heavy atom. The van der Waals surface area contributed by atoms with E-state index in [0.717, 1.165) is 22.6 Å². The zero-order valence-electron chi connectivity index (χ0n) is 15.5. The van der Waals surface area contributed by atoms with Crippen LogP contribution in [0.5, 0.6) is 5.75 Å². The Labute approximate surface area is 154 Å². The third-order valence-electron chi connectivity index (χ3n) is 3.65. The largest absolute Gasteiger partial charge is 0.494 e. The molecular weight excluding hydrogens is 328 g/mol. The average Bonchev–Trinajstić information content (AvgIpc) is 2.63. The Hall–Kier alpha value is -3.02. The van der Waals surface area contributed by atoms with Crippen LogP contribution in [-0.4, -0.2) is 25.5 Å². The Kier molecular flexibility index (Phi) is 7.49. The number of hydrogen-bond acceptors (Lipinski definition) is 3. The zero-order valence-corrected chi connectivity index (χ0v) is 15.5. The first-order valence-electron chi connectivity index (χ1n) is 8.64. The summed E-state index contributed by atoms with van der Waals surface area (Å²) in [4.78, 5) is 15.4. The van der Waals surface area contributed by atoms with Crippen molar-refractivity contribution >= 4 is 17.6 Å². The van der Waals surface area contributed by atoms with E-state index in [1.54, 1.807) is 7.05 Å². The third kappa shape index (κ3) is 6.12. The maximum atomic E-state index is 11.2. The fraction of sp³-hybridized carbons (Fsp3) is 0.300. The number of anilines is 1. The van der Waals surface area contributed by atoms with E-state index >= 15 is 0 Å². The highest BCUT2D eigenvalue weighted by atomic mass is 16.5. The van der Waals surface area contributed by atoms with Crippen LogP contribution in [0.4, 0.5) is 5.69 Å². The lowest BCUT2D eigenvalue weighted by Gasteiger charge is -2.14. The predicted octanol–water partition coefficient (Wildman–Crippen LogP) is 2.91. The molecule has 0 unspecified atom stereocenters. The minimum absolute atomic E-state index is 0.0828. The molecule has 0 fully saturated rings.